The first-order valence-electron chi connectivity index (χ1n) is 10.0. The molecule has 0 aliphatic rings. The minimum atomic E-state index is -3.26. The number of nitrogens with one attached hydrogen (secondary N) is 1. The zero-order valence-corrected chi connectivity index (χ0v) is 17.8. The van der Waals surface area contributed by atoms with Gasteiger partial charge in [-0.1, -0.05) is 109 Å². The Morgan fingerprint density at radius 2 is 0.968 bits per heavy atom. The third kappa shape index (κ3) is 4.42. The van der Waals surface area contributed by atoms with Crippen LogP contribution in [-0.2, 0) is 4.57 Å². The smallest absolute Gasteiger partial charge is 0.255 e. The second kappa shape index (κ2) is 9.42. The van der Waals surface area contributed by atoms with Gasteiger partial charge in [-0.3, -0.25) is 4.79 Å². The van der Waals surface area contributed by atoms with Crippen LogP contribution in [0.5, 0.6) is 0 Å². The number of carbonyl (C=O) groups is 1. The first-order chi connectivity index (χ1) is 15.2. The summed E-state index contributed by atoms with van der Waals surface area (Å²) in [4.78, 5) is 12.7. The summed E-state index contributed by atoms with van der Waals surface area (Å²) < 4.78 is 14.8. The number of carbonyl (C=O) groups excluding carboxylic acids is 1. The van der Waals surface area contributed by atoms with Crippen molar-refractivity contribution in [2.75, 3.05) is 0 Å². The van der Waals surface area contributed by atoms with Crippen LogP contribution in [0.3, 0.4) is 0 Å². The molecule has 4 aromatic rings. The van der Waals surface area contributed by atoms with Gasteiger partial charge >= 0.3 is 0 Å². The maximum Gasteiger partial charge on any atom is 0.255 e. The standard InChI is InChI=1S/C27H22NO2P/c29-27(23-15-7-2-8-16-23)28-21-26(22-13-5-1-6-14-22)31(30,24-17-9-3-10-18-24)25-19-11-4-12-20-25/h1-21H,(H,28,29)/b26-21-. The predicted molar refractivity (Wildman–Crippen MR) is 128 cm³/mol. The Kier molecular flexibility index (Phi) is 6.26. The third-order valence-corrected chi connectivity index (χ3v) is 8.14. The van der Waals surface area contributed by atoms with E-state index in [0.717, 1.165) is 5.56 Å². The van der Waals surface area contributed by atoms with Gasteiger partial charge in [0, 0.05) is 27.7 Å². The Bertz CT molecular complexity index is 1180. The molecule has 0 saturated carbocycles. The van der Waals surface area contributed by atoms with Crippen LogP contribution in [0.4, 0.5) is 0 Å². The van der Waals surface area contributed by atoms with Gasteiger partial charge in [-0.25, -0.2) is 0 Å². The summed E-state index contributed by atoms with van der Waals surface area (Å²) in [6.07, 6.45) is 1.60. The van der Waals surface area contributed by atoms with Crippen molar-refractivity contribution >= 4 is 29.0 Å². The highest BCUT2D eigenvalue weighted by molar-refractivity contribution is 7.87. The highest BCUT2D eigenvalue weighted by Crippen LogP contribution is 2.56. The zero-order valence-electron chi connectivity index (χ0n) is 16.9. The second-order valence-electron chi connectivity index (χ2n) is 7.02. The van der Waals surface area contributed by atoms with E-state index in [4.69, 9.17) is 0 Å². The summed E-state index contributed by atoms with van der Waals surface area (Å²) in [5.74, 6) is -0.248. The Hall–Kier alpha value is -3.68. The lowest BCUT2D eigenvalue weighted by atomic mass is 10.2. The molecule has 4 aromatic carbocycles. The van der Waals surface area contributed by atoms with Gasteiger partial charge in [0.1, 0.15) is 0 Å². The largest absolute Gasteiger partial charge is 0.328 e. The molecular weight excluding hydrogens is 401 g/mol. The number of rotatable bonds is 6. The topological polar surface area (TPSA) is 46.2 Å². The van der Waals surface area contributed by atoms with Gasteiger partial charge in [-0.2, -0.15) is 0 Å². The van der Waals surface area contributed by atoms with E-state index in [0.29, 0.717) is 21.5 Å². The Labute approximate surface area is 182 Å². The SMILES string of the molecule is O=C(N/C=C(/c1ccccc1)P(=O)(c1ccccc1)c1ccccc1)c1ccccc1. The molecule has 4 rings (SSSR count). The molecule has 0 radical (unpaired) electrons. The van der Waals surface area contributed by atoms with Crippen molar-refractivity contribution in [2.45, 2.75) is 0 Å². The van der Waals surface area contributed by atoms with Crippen LogP contribution in [0.1, 0.15) is 15.9 Å². The van der Waals surface area contributed by atoms with E-state index in [9.17, 15) is 9.36 Å². The van der Waals surface area contributed by atoms with E-state index >= 15 is 0 Å². The zero-order chi connectivity index (χ0) is 21.5. The highest BCUT2D eigenvalue weighted by Gasteiger charge is 2.33. The number of hydrogen-bond acceptors (Lipinski definition) is 2. The fraction of sp³-hybridized carbons (Fsp3) is 0. The quantitative estimate of drug-likeness (QED) is 0.421. The summed E-state index contributed by atoms with van der Waals surface area (Å²) >= 11 is 0. The van der Waals surface area contributed by atoms with Crippen molar-refractivity contribution in [2.24, 2.45) is 0 Å². The van der Waals surface area contributed by atoms with E-state index in [1.54, 1.807) is 18.3 Å². The van der Waals surface area contributed by atoms with Crippen LogP contribution in [0, 0.1) is 0 Å². The van der Waals surface area contributed by atoms with Gasteiger partial charge in [0.2, 0.25) is 0 Å². The van der Waals surface area contributed by atoms with Crippen molar-refractivity contribution in [3.8, 4) is 0 Å². The molecule has 0 aliphatic carbocycles. The molecule has 0 heterocycles. The molecular formula is C27H22NO2P. The summed E-state index contributed by atoms with van der Waals surface area (Å²) in [6, 6.07) is 37.4. The molecule has 0 aromatic heterocycles. The first-order valence-corrected chi connectivity index (χ1v) is 11.7. The third-order valence-electron chi connectivity index (χ3n) is 5.02. The molecule has 152 valence electrons. The first kappa shape index (κ1) is 20.6. The van der Waals surface area contributed by atoms with Gasteiger partial charge in [-0.05, 0) is 17.7 Å². The molecule has 4 heteroatoms. The lowest BCUT2D eigenvalue weighted by Crippen LogP contribution is -2.21. The van der Waals surface area contributed by atoms with Crippen LogP contribution < -0.4 is 15.9 Å². The van der Waals surface area contributed by atoms with Gasteiger partial charge in [0.25, 0.3) is 5.91 Å². The van der Waals surface area contributed by atoms with Crippen molar-refractivity contribution in [3.05, 3.63) is 139 Å². The molecule has 0 aliphatic heterocycles. The molecule has 1 N–H and O–H groups in total. The highest BCUT2D eigenvalue weighted by atomic mass is 31.2. The van der Waals surface area contributed by atoms with Crippen LogP contribution >= 0.6 is 7.14 Å². The molecule has 0 fully saturated rings. The molecule has 31 heavy (non-hydrogen) atoms. The van der Waals surface area contributed by atoms with E-state index < -0.39 is 7.14 Å². The van der Waals surface area contributed by atoms with Crippen molar-refractivity contribution in [1.82, 2.24) is 5.32 Å². The van der Waals surface area contributed by atoms with Gasteiger partial charge in [0.15, 0.2) is 7.14 Å². The van der Waals surface area contributed by atoms with Crippen LogP contribution in [0.15, 0.2) is 128 Å². The molecule has 1 amide bonds. The van der Waals surface area contributed by atoms with E-state index in [1.165, 1.54) is 0 Å². The van der Waals surface area contributed by atoms with Crippen LogP contribution in [0.2, 0.25) is 0 Å². The Balaban J connectivity index is 1.88. The Morgan fingerprint density at radius 3 is 1.42 bits per heavy atom. The lowest BCUT2D eigenvalue weighted by Gasteiger charge is -2.23. The fourth-order valence-electron chi connectivity index (χ4n) is 3.47. The van der Waals surface area contributed by atoms with E-state index in [2.05, 4.69) is 5.32 Å². The predicted octanol–water partition coefficient (Wildman–Crippen LogP) is 5.43. The molecule has 0 atom stereocenters. The fourth-order valence-corrected chi connectivity index (χ4v) is 6.27. The molecule has 0 unspecified atom stereocenters. The van der Waals surface area contributed by atoms with Gasteiger partial charge in [0.05, 0.1) is 0 Å². The normalized spacial score (nSPS) is 11.7. The van der Waals surface area contributed by atoms with Crippen molar-refractivity contribution in [3.63, 3.8) is 0 Å². The maximum atomic E-state index is 14.8. The van der Waals surface area contributed by atoms with Crippen molar-refractivity contribution in [1.29, 1.82) is 0 Å². The minimum Gasteiger partial charge on any atom is -0.328 e. The van der Waals surface area contributed by atoms with Gasteiger partial charge < -0.3 is 9.88 Å². The Morgan fingerprint density at radius 1 is 0.581 bits per heavy atom. The number of hydrogen-bond donors (Lipinski definition) is 1. The van der Waals surface area contributed by atoms with Crippen LogP contribution in [0.25, 0.3) is 5.31 Å². The number of amides is 1. The summed E-state index contributed by atoms with van der Waals surface area (Å²) in [6.45, 7) is 0. The van der Waals surface area contributed by atoms with Crippen molar-refractivity contribution < 1.29 is 9.36 Å². The molecule has 0 spiro atoms. The van der Waals surface area contributed by atoms with Crippen LogP contribution in [-0.4, -0.2) is 5.91 Å². The summed E-state index contributed by atoms with van der Waals surface area (Å²) in [7, 11) is -3.26. The average Bonchev–Trinajstić information content (AvgIpc) is 2.86. The molecule has 0 saturated heterocycles. The minimum absolute atomic E-state index is 0.248. The van der Waals surface area contributed by atoms with Gasteiger partial charge in [-0.15, -0.1) is 0 Å². The summed E-state index contributed by atoms with van der Waals surface area (Å²) in [5.41, 5.74) is 1.34. The monoisotopic (exact) mass is 423 g/mol. The molecule has 3 nitrogen and oxygen atoms in total. The average molecular weight is 423 g/mol. The number of benzene rings is 4. The van der Waals surface area contributed by atoms with E-state index in [-0.39, 0.29) is 5.91 Å². The van der Waals surface area contributed by atoms with E-state index in [1.807, 2.05) is 109 Å². The molecule has 0 bridgehead atoms. The second-order valence-corrected chi connectivity index (χ2v) is 9.75. The summed E-state index contributed by atoms with van der Waals surface area (Å²) in [5, 5.41) is 4.87. The lowest BCUT2D eigenvalue weighted by molar-refractivity contribution is 0.0970. The maximum absolute atomic E-state index is 14.8.